The summed E-state index contributed by atoms with van der Waals surface area (Å²) in [6.45, 7) is 2.82. The van der Waals surface area contributed by atoms with Gasteiger partial charge in [-0.1, -0.05) is 0 Å². The van der Waals surface area contributed by atoms with Gasteiger partial charge >= 0.3 is 5.97 Å². The van der Waals surface area contributed by atoms with Gasteiger partial charge in [0.05, 0.1) is 12.6 Å². The molecule has 0 bridgehead atoms. The van der Waals surface area contributed by atoms with Crippen molar-refractivity contribution in [3.05, 3.63) is 12.0 Å². The lowest BCUT2D eigenvalue weighted by molar-refractivity contribution is -0.122. The number of carbonyl (C=O) groups excluding carboxylic acids is 3. The van der Waals surface area contributed by atoms with E-state index >= 15 is 0 Å². The molecule has 1 aromatic heterocycles. The number of likely N-dealkylation sites (N-methyl/N-ethyl adjacent to an activating group) is 1. The summed E-state index contributed by atoms with van der Waals surface area (Å²) < 4.78 is 6.42. The molecule has 1 aliphatic heterocycles. The number of nitrogens with one attached hydrogen (secondary N) is 2. The van der Waals surface area contributed by atoms with E-state index in [9.17, 15) is 14.4 Å². The summed E-state index contributed by atoms with van der Waals surface area (Å²) in [6, 6.07) is -0.500. The Labute approximate surface area is 152 Å². The molecule has 2 rings (SSSR count). The number of anilines is 1. The predicted octanol–water partition coefficient (Wildman–Crippen LogP) is -0.927. The van der Waals surface area contributed by atoms with Crippen LogP contribution < -0.4 is 16.4 Å². The smallest absolute Gasteiger partial charge is 0.374 e. The summed E-state index contributed by atoms with van der Waals surface area (Å²) in [6.07, 6.45) is 2.32. The minimum absolute atomic E-state index is 0.103. The van der Waals surface area contributed by atoms with Crippen molar-refractivity contribution in [3.63, 3.8) is 0 Å². The van der Waals surface area contributed by atoms with Crippen LogP contribution in [0, 0.1) is 0 Å². The average molecular weight is 366 g/mol. The topological polar surface area (TPSA) is 132 Å². The van der Waals surface area contributed by atoms with Crippen molar-refractivity contribution in [2.75, 3.05) is 32.1 Å². The van der Waals surface area contributed by atoms with Gasteiger partial charge in [-0.15, -0.1) is 0 Å². The number of hydrogen-bond acceptors (Lipinski definition) is 7. The highest BCUT2D eigenvalue weighted by molar-refractivity contribution is 5.95. The van der Waals surface area contributed by atoms with Gasteiger partial charge < -0.3 is 25.7 Å². The van der Waals surface area contributed by atoms with Crippen LogP contribution in [0.4, 0.5) is 5.82 Å². The van der Waals surface area contributed by atoms with E-state index in [1.165, 1.54) is 4.57 Å². The van der Waals surface area contributed by atoms with Gasteiger partial charge in [-0.25, -0.2) is 9.78 Å². The number of ether oxygens (including phenoxy) is 1. The molecule has 1 aromatic rings. The lowest BCUT2D eigenvalue weighted by Gasteiger charge is -2.17. The van der Waals surface area contributed by atoms with Crippen LogP contribution in [0.25, 0.3) is 0 Å². The molecule has 0 aromatic carbocycles. The number of aryl methyl sites for hydroxylation is 1. The Morgan fingerprint density at radius 3 is 2.77 bits per heavy atom. The van der Waals surface area contributed by atoms with Gasteiger partial charge in [-0.2, -0.15) is 0 Å². The first-order valence-electron chi connectivity index (χ1n) is 8.56. The highest BCUT2D eigenvalue weighted by Crippen LogP contribution is 2.18. The Hall–Kier alpha value is -2.46. The lowest BCUT2D eigenvalue weighted by atomic mass is 10.1. The monoisotopic (exact) mass is 366 g/mol. The van der Waals surface area contributed by atoms with Crippen LogP contribution in [0.3, 0.4) is 0 Å². The van der Waals surface area contributed by atoms with E-state index in [1.54, 1.807) is 20.2 Å². The van der Waals surface area contributed by atoms with Gasteiger partial charge in [0.15, 0.2) is 5.82 Å². The van der Waals surface area contributed by atoms with Gasteiger partial charge in [0.1, 0.15) is 0 Å². The van der Waals surface area contributed by atoms with Crippen molar-refractivity contribution < 1.29 is 19.1 Å². The van der Waals surface area contributed by atoms with Crippen molar-refractivity contribution in [2.24, 2.45) is 12.8 Å². The predicted molar refractivity (Wildman–Crippen MR) is 94.4 cm³/mol. The van der Waals surface area contributed by atoms with E-state index in [4.69, 9.17) is 10.5 Å². The van der Waals surface area contributed by atoms with Crippen molar-refractivity contribution in [1.29, 1.82) is 0 Å². The number of likely N-dealkylation sites (tertiary alicyclic amines) is 1. The maximum absolute atomic E-state index is 12.5. The number of imidazole rings is 1. The fraction of sp³-hybridized carbons (Fsp3) is 0.625. The van der Waals surface area contributed by atoms with Gasteiger partial charge in [-0.05, 0) is 20.4 Å². The molecule has 2 atom stereocenters. The zero-order valence-corrected chi connectivity index (χ0v) is 15.3. The summed E-state index contributed by atoms with van der Waals surface area (Å²) in [7, 11) is 3.47. The fourth-order valence-electron chi connectivity index (χ4n) is 2.96. The molecule has 0 saturated carbocycles. The number of nitrogens with zero attached hydrogens (tertiary/aromatic N) is 3. The first-order chi connectivity index (χ1) is 12.3. The van der Waals surface area contributed by atoms with Crippen molar-refractivity contribution >= 4 is 23.6 Å². The first kappa shape index (κ1) is 19.9. The number of rotatable bonds is 7. The van der Waals surface area contributed by atoms with E-state index in [-0.39, 0.29) is 42.5 Å². The molecule has 10 nitrogen and oxygen atoms in total. The van der Waals surface area contributed by atoms with Gasteiger partial charge in [-0.3, -0.25) is 14.5 Å². The quantitative estimate of drug-likeness (QED) is 0.531. The summed E-state index contributed by atoms with van der Waals surface area (Å²) in [4.78, 5) is 42.0. The number of carbonyl (C=O) groups is 3. The number of hydrogen-bond donors (Lipinski definition) is 3. The zero-order chi connectivity index (χ0) is 19.3. The summed E-state index contributed by atoms with van der Waals surface area (Å²) >= 11 is 0. The Bertz CT molecular complexity index is 674. The highest BCUT2D eigenvalue weighted by Gasteiger charge is 2.35. The maximum atomic E-state index is 12.5. The third-order valence-corrected chi connectivity index (χ3v) is 4.17. The third-order valence-electron chi connectivity index (χ3n) is 4.17. The molecule has 1 saturated heterocycles. The fourth-order valence-corrected chi connectivity index (χ4v) is 2.96. The first-order valence-corrected chi connectivity index (χ1v) is 8.56. The zero-order valence-electron chi connectivity index (χ0n) is 15.3. The second-order valence-corrected chi connectivity index (χ2v) is 6.26. The number of esters is 1. The minimum atomic E-state index is -0.545. The van der Waals surface area contributed by atoms with Crippen LogP contribution >= 0.6 is 0 Å². The Kier molecular flexibility index (Phi) is 6.70. The van der Waals surface area contributed by atoms with Crippen LogP contribution in [0.5, 0.6) is 0 Å². The normalized spacial score (nSPS) is 20.0. The highest BCUT2D eigenvalue weighted by atomic mass is 16.5. The molecule has 1 fully saturated rings. The standard InChI is InChI=1S/C16H26N6O4/c1-4-26-16(25)14-19-12(9-22(14)3)20-15(24)11-7-10(8-21(11)2)18-13(23)5-6-17/h9-11H,4-8,17H2,1-3H3,(H,18,23)(H,20,24). The molecule has 10 heteroatoms. The van der Waals surface area contributed by atoms with E-state index in [0.29, 0.717) is 19.5 Å². The lowest BCUT2D eigenvalue weighted by Crippen LogP contribution is -2.37. The van der Waals surface area contributed by atoms with Crippen molar-refractivity contribution in [1.82, 2.24) is 19.8 Å². The molecule has 26 heavy (non-hydrogen) atoms. The molecule has 2 heterocycles. The Balaban J connectivity index is 1.96. The van der Waals surface area contributed by atoms with E-state index in [0.717, 1.165) is 0 Å². The number of nitrogens with two attached hydrogens (primary N) is 1. The van der Waals surface area contributed by atoms with Crippen LogP contribution in [-0.2, 0) is 21.4 Å². The van der Waals surface area contributed by atoms with Crippen LogP contribution in [0.2, 0.25) is 0 Å². The third kappa shape index (κ3) is 4.79. The minimum Gasteiger partial charge on any atom is -0.460 e. The average Bonchev–Trinajstić information content (AvgIpc) is 3.10. The van der Waals surface area contributed by atoms with Crippen molar-refractivity contribution in [2.45, 2.75) is 31.8 Å². The second kappa shape index (κ2) is 8.77. The summed E-state index contributed by atoms with van der Waals surface area (Å²) in [5, 5.41) is 5.60. The molecule has 1 aliphatic rings. The van der Waals surface area contributed by atoms with E-state index in [2.05, 4.69) is 15.6 Å². The van der Waals surface area contributed by atoms with Crippen LogP contribution in [0.15, 0.2) is 6.20 Å². The van der Waals surface area contributed by atoms with Gasteiger partial charge in [0.2, 0.25) is 17.6 Å². The molecule has 0 spiro atoms. The number of aromatic nitrogens is 2. The molecule has 2 amide bonds. The summed E-state index contributed by atoms with van der Waals surface area (Å²) in [5.41, 5.74) is 5.37. The molecule has 144 valence electrons. The van der Waals surface area contributed by atoms with Crippen LogP contribution in [-0.4, -0.2) is 71.1 Å². The summed E-state index contributed by atoms with van der Waals surface area (Å²) in [5.74, 6) is -0.498. The van der Waals surface area contributed by atoms with E-state index in [1.807, 2.05) is 11.9 Å². The number of amides is 2. The molecular weight excluding hydrogens is 340 g/mol. The van der Waals surface area contributed by atoms with E-state index < -0.39 is 12.0 Å². The van der Waals surface area contributed by atoms with Crippen molar-refractivity contribution in [3.8, 4) is 0 Å². The SMILES string of the molecule is CCOC(=O)c1nc(NC(=O)C2CC(NC(=O)CCN)CN2C)cn1C. The largest absolute Gasteiger partial charge is 0.460 e. The van der Waals surface area contributed by atoms with Gasteiger partial charge in [0, 0.05) is 38.8 Å². The molecule has 0 aliphatic carbocycles. The molecule has 4 N–H and O–H groups in total. The molecular formula is C16H26N6O4. The molecule has 0 radical (unpaired) electrons. The van der Waals surface area contributed by atoms with Crippen LogP contribution in [0.1, 0.15) is 30.4 Å². The second-order valence-electron chi connectivity index (χ2n) is 6.26. The molecule has 2 unspecified atom stereocenters. The Morgan fingerprint density at radius 2 is 2.12 bits per heavy atom. The Morgan fingerprint density at radius 1 is 1.38 bits per heavy atom. The maximum Gasteiger partial charge on any atom is 0.374 e. The van der Waals surface area contributed by atoms with Gasteiger partial charge in [0.25, 0.3) is 0 Å².